The van der Waals surface area contributed by atoms with Gasteiger partial charge < -0.3 is 5.73 Å². The highest BCUT2D eigenvalue weighted by atomic mass is 15.3. The number of nitrogens with two attached hydrogens (primary N) is 1. The van der Waals surface area contributed by atoms with Crippen molar-refractivity contribution in [1.82, 2.24) is 14.6 Å². The van der Waals surface area contributed by atoms with Gasteiger partial charge in [-0.25, -0.2) is 0 Å². The molecule has 0 bridgehead atoms. The van der Waals surface area contributed by atoms with Gasteiger partial charge in [0.05, 0.1) is 5.69 Å². The fourth-order valence-electron chi connectivity index (χ4n) is 2.82. The van der Waals surface area contributed by atoms with E-state index in [4.69, 9.17) is 5.73 Å². The molecule has 1 fully saturated rings. The summed E-state index contributed by atoms with van der Waals surface area (Å²) < 4.78 is 2.08. The van der Waals surface area contributed by atoms with Crippen LogP contribution in [-0.2, 0) is 0 Å². The lowest BCUT2D eigenvalue weighted by molar-refractivity contribution is 0.426. The number of hydrogen-bond acceptors (Lipinski definition) is 3. The minimum absolute atomic E-state index is 0.556. The van der Waals surface area contributed by atoms with Gasteiger partial charge in [-0.1, -0.05) is 19.3 Å². The molecule has 2 aromatic rings. The van der Waals surface area contributed by atoms with Gasteiger partial charge in [-0.3, -0.25) is 4.40 Å². The summed E-state index contributed by atoms with van der Waals surface area (Å²) in [4.78, 5) is 0. The average Bonchev–Trinajstić information content (AvgIpc) is 2.74. The highest BCUT2D eigenvalue weighted by Gasteiger charge is 2.21. The zero-order chi connectivity index (χ0) is 11.8. The molecule has 1 saturated carbocycles. The Balaban J connectivity index is 2.10. The molecule has 4 nitrogen and oxygen atoms in total. The molecule has 0 spiro atoms. The van der Waals surface area contributed by atoms with Crippen molar-refractivity contribution in [2.24, 2.45) is 0 Å². The number of hydrogen-bond donors (Lipinski definition) is 1. The summed E-state index contributed by atoms with van der Waals surface area (Å²) in [7, 11) is 0. The maximum absolute atomic E-state index is 5.98. The summed E-state index contributed by atoms with van der Waals surface area (Å²) in [6.45, 7) is 2.06. The van der Waals surface area contributed by atoms with Crippen molar-refractivity contribution in [2.45, 2.75) is 44.9 Å². The van der Waals surface area contributed by atoms with E-state index in [0.717, 1.165) is 22.7 Å². The molecule has 2 aromatic heterocycles. The second-order valence-electron chi connectivity index (χ2n) is 5.06. The fourth-order valence-corrected chi connectivity index (χ4v) is 2.82. The van der Waals surface area contributed by atoms with Gasteiger partial charge >= 0.3 is 0 Å². The molecule has 0 radical (unpaired) electrons. The molecule has 3 rings (SSSR count). The Morgan fingerprint density at radius 2 is 2.00 bits per heavy atom. The van der Waals surface area contributed by atoms with E-state index in [1.54, 1.807) is 0 Å². The molecule has 2 heterocycles. The third-order valence-corrected chi connectivity index (χ3v) is 3.67. The van der Waals surface area contributed by atoms with Gasteiger partial charge in [0.2, 0.25) is 0 Å². The van der Waals surface area contributed by atoms with Gasteiger partial charge in [-0.15, -0.1) is 10.2 Å². The molecule has 4 heteroatoms. The van der Waals surface area contributed by atoms with Gasteiger partial charge in [0.1, 0.15) is 5.82 Å². The Hall–Kier alpha value is -1.58. The fraction of sp³-hybridized carbons (Fsp3) is 0.538. The van der Waals surface area contributed by atoms with Gasteiger partial charge in [-0.2, -0.15) is 0 Å². The zero-order valence-corrected chi connectivity index (χ0v) is 10.2. The number of pyridine rings is 1. The molecule has 0 atom stereocenters. The lowest BCUT2D eigenvalue weighted by Crippen LogP contribution is -2.09. The second kappa shape index (κ2) is 4.02. The van der Waals surface area contributed by atoms with Crippen LogP contribution in [0.1, 0.15) is 49.4 Å². The van der Waals surface area contributed by atoms with E-state index in [0.29, 0.717) is 5.92 Å². The van der Waals surface area contributed by atoms with Crippen LogP contribution in [0.4, 0.5) is 5.69 Å². The monoisotopic (exact) mass is 230 g/mol. The average molecular weight is 230 g/mol. The molecular weight excluding hydrogens is 212 g/mol. The summed E-state index contributed by atoms with van der Waals surface area (Å²) in [5.41, 5.74) is 8.66. The topological polar surface area (TPSA) is 56.2 Å². The Morgan fingerprint density at radius 1 is 1.24 bits per heavy atom. The van der Waals surface area contributed by atoms with Crippen LogP contribution in [-0.4, -0.2) is 14.6 Å². The zero-order valence-electron chi connectivity index (χ0n) is 10.2. The van der Waals surface area contributed by atoms with Gasteiger partial charge in [0.25, 0.3) is 0 Å². The van der Waals surface area contributed by atoms with Crippen LogP contribution in [0.15, 0.2) is 12.3 Å². The van der Waals surface area contributed by atoms with E-state index in [-0.39, 0.29) is 0 Å². The number of rotatable bonds is 1. The van der Waals surface area contributed by atoms with Crippen LogP contribution in [0.25, 0.3) is 5.65 Å². The molecule has 90 valence electrons. The minimum atomic E-state index is 0.556. The van der Waals surface area contributed by atoms with Crippen molar-refractivity contribution < 1.29 is 0 Å². The quantitative estimate of drug-likeness (QED) is 0.819. The van der Waals surface area contributed by atoms with Gasteiger partial charge in [0, 0.05) is 12.1 Å². The molecule has 0 aliphatic heterocycles. The first-order valence-corrected chi connectivity index (χ1v) is 6.36. The van der Waals surface area contributed by atoms with Crippen LogP contribution >= 0.6 is 0 Å². The lowest BCUT2D eigenvalue weighted by atomic mass is 9.89. The Morgan fingerprint density at radius 3 is 2.76 bits per heavy atom. The highest BCUT2D eigenvalue weighted by molar-refractivity contribution is 5.65. The number of aryl methyl sites for hydroxylation is 1. The van der Waals surface area contributed by atoms with Crippen molar-refractivity contribution >= 4 is 11.3 Å². The number of anilines is 1. The Bertz CT molecular complexity index is 538. The Kier molecular flexibility index (Phi) is 2.50. The van der Waals surface area contributed by atoms with Crippen molar-refractivity contribution in [3.63, 3.8) is 0 Å². The number of fused-ring (bicyclic) bond motifs is 1. The lowest BCUT2D eigenvalue weighted by Gasteiger charge is -2.19. The van der Waals surface area contributed by atoms with E-state index in [1.165, 1.54) is 32.1 Å². The smallest absolute Gasteiger partial charge is 0.184 e. The maximum atomic E-state index is 5.98. The van der Waals surface area contributed by atoms with Crippen molar-refractivity contribution in [2.75, 3.05) is 5.73 Å². The van der Waals surface area contributed by atoms with Crippen molar-refractivity contribution in [3.8, 4) is 0 Å². The summed E-state index contributed by atoms with van der Waals surface area (Å²) in [6.07, 6.45) is 8.52. The predicted molar refractivity (Wildman–Crippen MR) is 68.0 cm³/mol. The molecule has 0 saturated heterocycles. The van der Waals surface area contributed by atoms with E-state index >= 15 is 0 Å². The van der Waals surface area contributed by atoms with Crippen molar-refractivity contribution in [3.05, 3.63) is 23.7 Å². The minimum Gasteiger partial charge on any atom is -0.396 e. The van der Waals surface area contributed by atoms with Crippen LogP contribution in [0, 0.1) is 6.92 Å². The van der Waals surface area contributed by atoms with Gasteiger partial charge in [-0.05, 0) is 31.4 Å². The first kappa shape index (κ1) is 10.6. The van der Waals surface area contributed by atoms with Gasteiger partial charge in [0.15, 0.2) is 5.65 Å². The van der Waals surface area contributed by atoms with E-state index in [2.05, 4.69) is 27.7 Å². The number of aromatic nitrogens is 3. The van der Waals surface area contributed by atoms with Crippen LogP contribution in [0.3, 0.4) is 0 Å². The van der Waals surface area contributed by atoms with E-state index < -0.39 is 0 Å². The first-order valence-electron chi connectivity index (χ1n) is 6.36. The summed E-state index contributed by atoms with van der Waals surface area (Å²) >= 11 is 0. The molecule has 0 unspecified atom stereocenters. The Labute approximate surface area is 101 Å². The molecule has 0 amide bonds. The molecule has 0 aromatic carbocycles. The highest BCUT2D eigenvalue weighted by Crippen LogP contribution is 2.32. The summed E-state index contributed by atoms with van der Waals surface area (Å²) in [6, 6.07) is 1.95. The van der Waals surface area contributed by atoms with Crippen LogP contribution in [0.5, 0.6) is 0 Å². The first-order chi connectivity index (χ1) is 8.25. The molecule has 1 aliphatic rings. The molecular formula is C13H18N4. The second-order valence-corrected chi connectivity index (χ2v) is 5.06. The largest absolute Gasteiger partial charge is 0.396 e. The number of nitrogens with zero attached hydrogens (tertiary/aromatic N) is 3. The number of nitrogen functional groups attached to an aromatic ring is 1. The predicted octanol–water partition coefficient (Wildman–Crippen LogP) is 2.67. The third-order valence-electron chi connectivity index (χ3n) is 3.67. The standard InChI is InChI=1S/C13H18N4/c1-9-7-11(14)13-16-15-12(17(13)8-9)10-5-3-2-4-6-10/h7-8,10H,2-6,14H2,1H3. The molecule has 1 aliphatic carbocycles. The molecule has 2 N–H and O–H groups in total. The van der Waals surface area contributed by atoms with Crippen molar-refractivity contribution in [1.29, 1.82) is 0 Å². The third kappa shape index (κ3) is 1.77. The van der Waals surface area contributed by atoms with E-state index in [1.807, 2.05) is 6.07 Å². The van der Waals surface area contributed by atoms with Crippen LogP contribution < -0.4 is 5.73 Å². The summed E-state index contributed by atoms with van der Waals surface area (Å²) in [5.74, 6) is 1.65. The van der Waals surface area contributed by atoms with E-state index in [9.17, 15) is 0 Å². The normalized spacial score (nSPS) is 17.7. The SMILES string of the molecule is Cc1cc(N)c2nnc(C3CCCCC3)n2c1. The maximum Gasteiger partial charge on any atom is 0.184 e. The molecule has 17 heavy (non-hydrogen) atoms. The van der Waals surface area contributed by atoms with Crippen LogP contribution in [0.2, 0.25) is 0 Å². The summed E-state index contributed by atoms with van der Waals surface area (Å²) in [5, 5.41) is 8.58.